The number of methoxy groups -OCH3 is 1. The first-order chi connectivity index (χ1) is 7.24. The van der Waals surface area contributed by atoms with Crippen LogP contribution in [0.1, 0.15) is 23.5 Å². The van der Waals surface area contributed by atoms with Crippen molar-refractivity contribution < 1.29 is 9.53 Å². The van der Waals surface area contributed by atoms with Crippen molar-refractivity contribution in [1.82, 2.24) is 0 Å². The van der Waals surface area contributed by atoms with E-state index in [-0.39, 0.29) is 11.9 Å². The highest BCUT2D eigenvalue weighted by atomic mass is 16.5. The van der Waals surface area contributed by atoms with Crippen LogP contribution >= 0.6 is 0 Å². The number of hydrogen-bond acceptors (Lipinski definition) is 3. The fourth-order valence-corrected chi connectivity index (χ4v) is 2.26. The van der Waals surface area contributed by atoms with Crippen LogP contribution in [-0.2, 0) is 16.0 Å². The number of rotatable bonds is 2. The third-order valence-electron chi connectivity index (χ3n) is 3.09. The van der Waals surface area contributed by atoms with E-state index in [2.05, 4.69) is 16.9 Å². The first-order valence-electron chi connectivity index (χ1n) is 5.15. The van der Waals surface area contributed by atoms with Crippen molar-refractivity contribution in [3.8, 4) is 0 Å². The van der Waals surface area contributed by atoms with E-state index in [0.717, 1.165) is 12.8 Å². The molecule has 0 radical (unpaired) electrons. The van der Waals surface area contributed by atoms with Crippen molar-refractivity contribution in [2.45, 2.75) is 24.8 Å². The Balaban J connectivity index is 2.24. The van der Waals surface area contributed by atoms with Crippen molar-refractivity contribution in [2.75, 3.05) is 7.11 Å². The molecule has 1 unspecified atom stereocenters. The highest BCUT2D eigenvalue weighted by Gasteiger charge is 2.31. The van der Waals surface area contributed by atoms with Gasteiger partial charge in [-0.15, -0.1) is 0 Å². The molecule has 0 bridgehead atoms. The lowest BCUT2D eigenvalue weighted by molar-refractivity contribution is -0.142. The molecule has 0 aliphatic heterocycles. The predicted molar refractivity (Wildman–Crippen MR) is 57.5 cm³/mol. The van der Waals surface area contributed by atoms with Crippen molar-refractivity contribution in [1.29, 1.82) is 0 Å². The van der Waals surface area contributed by atoms with E-state index < -0.39 is 6.04 Å². The molecule has 1 aromatic rings. The van der Waals surface area contributed by atoms with E-state index >= 15 is 0 Å². The zero-order chi connectivity index (χ0) is 10.8. The molecule has 2 N–H and O–H groups in total. The number of fused-ring (bicyclic) bond motifs is 1. The van der Waals surface area contributed by atoms with Crippen LogP contribution in [0.15, 0.2) is 24.3 Å². The smallest absolute Gasteiger partial charge is 0.323 e. The monoisotopic (exact) mass is 205 g/mol. The standard InChI is InChI=1S/C12H15NO2/c1-15-12(14)11(13)10-7-6-8-4-2-3-5-9(8)10/h2-5,10-11H,6-7,13H2,1H3/t10?,11-/m1/s1. The second kappa shape index (κ2) is 4.03. The van der Waals surface area contributed by atoms with Gasteiger partial charge in [-0.3, -0.25) is 4.79 Å². The summed E-state index contributed by atoms with van der Waals surface area (Å²) < 4.78 is 4.68. The second-order valence-electron chi connectivity index (χ2n) is 3.89. The summed E-state index contributed by atoms with van der Waals surface area (Å²) in [6.07, 6.45) is 1.95. The third-order valence-corrected chi connectivity index (χ3v) is 3.09. The molecule has 0 fully saturated rings. The molecule has 2 atom stereocenters. The minimum Gasteiger partial charge on any atom is -0.468 e. The van der Waals surface area contributed by atoms with Gasteiger partial charge in [0, 0.05) is 5.92 Å². The quantitative estimate of drug-likeness (QED) is 0.738. The number of esters is 1. The lowest BCUT2D eigenvalue weighted by Crippen LogP contribution is -2.36. The van der Waals surface area contributed by atoms with Gasteiger partial charge >= 0.3 is 5.97 Å². The van der Waals surface area contributed by atoms with Gasteiger partial charge in [-0.1, -0.05) is 24.3 Å². The van der Waals surface area contributed by atoms with Gasteiger partial charge in [0.15, 0.2) is 0 Å². The van der Waals surface area contributed by atoms with E-state index in [4.69, 9.17) is 5.73 Å². The number of hydrogen-bond donors (Lipinski definition) is 1. The normalized spacial score (nSPS) is 20.8. The van der Waals surface area contributed by atoms with Gasteiger partial charge in [0.25, 0.3) is 0 Å². The fourth-order valence-electron chi connectivity index (χ4n) is 2.26. The Morgan fingerprint density at radius 2 is 2.27 bits per heavy atom. The van der Waals surface area contributed by atoms with Gasteiger partial charge in [0.1, 0.15) is 6.04 Å². The molecule has 3 nitrogen and oxygen atoms in total. The van der Waals surface area contributed by atoms with E-state index in [1.807, 2.05) is 12.1 Å². The maximum atomic E-state index is 11.4. The predicted octanol–water partition coefficient (Wildman–Crippen LogP) is 1.22. The summed E-state index contributed by atoms with van der Waals surface area (Å²) in [5.41, 5.74) is 8.38. The molecule has 15 heavy (non-hydrogen) atoms. The van der Waals surface area contributed by atoms with Crippen LogP contribution in [0, 0.1) is 0 Å². The van der Waals surface area contributed by atoms with Crippen LogP contribution in [-0.4, -0.2) is 19.1 Å². The van der Waals surface area contributed by atoms with Crippen molar-refractivity contribution in [3.05, 3.63) is 35.4 Å². The molecule has 0 spiro atoms. The van der Waals surface area contributed by atoms with Gasteiger partial charge in [0.05, 0.1) is 7.11 Å². The molecule has 0 heterocycles. The molecular weight excluding hydrogens is 190 g/mol. The Kier molecular flexibility index (Phi) is 2.73. The first-order valence-corrected chi connectivity index (χ1v) is 5.15. The molecular formula is C12H15NO2. The lowest BCUT2D eigenvalue weighted by atomic mass is 9.94. The van der Waals surface area contributed by atoms with E-state index in [0.29, 0.717) is 0 Å². The average Bonchev–Trinajstić information content (AvgIpc) is 2.70. The van der Waals surface area contributed by atoms with E-state index in [1.54, 1.807) is 0 Å². The summed E-state index contributed by atoms with van der Waals surface area (Å²) in [5, 5.41) is 0. The highest BCUT2D eigenvalue weighted by Crippen LogP contribution is 2.34. The number of aryl methyl sites for hydroxylation is 1. The molecule has 80 valence electrons. The van der Waals surface area contributed by atoms with Gasteiger partial charge in [-0.2, -0.15) is 0 Å². The molecule has 1 aliphatic rings. The van der Waals surface area contributed by atoms with Gasteiger partial charge in [-0.05, 0) is 24.0 Å². The molecule has 0 aromatic heterocycles. The topological polar surface area (TPSA) is 52.3 Å². The van der Waals surface area contributed by atoms with Crippen molar-refractivity contribution >= 4 is 5.97 Å². The zero-order valence-electron chi connectivity index (χ0n) is 8.77. The first kappa shape index (κ1) is 10.2. The van der Waals surface area contributed by atoms with Crippen LogP contribution in [0.3, 0.4) is 0 Å². The van der Waals surface area contributed by atoms with Crippen LogP contribution < -0.4 is 5.73 Å². The largest absolute Gasteiger partial charge is 0.468 e. The zero-order valence-corrected chi connectivity index (χ0v) is 8.77. The van der Waals surface area contributed by atoms with Crippen LogP contribution in [0.25, 0.3) is 0 Å². The number of ether oxygens (including phenoxy) is 1. The van der Waals surface area contributed by atoms with Gasteiger partial charge < -0.3 is 10.5 Å². The second-order valence-corrected chi connectivity index (χ2v) is 3.89. The SMILES string of the molecule is COC(=O)[C@H](N)C1CCc2ccccc21. The molecule has 3 heteroatoms. The van der Waals surface area contributed by atoms with Crippen molar-refractivity contribution in [3.63, 3.8) is 0 Å². The van der Waals surface area contributed by atoms with Crippen LogP contribution in [0.5, 0.6) is 0 Å². The third kappa shape index (κ3) is 1.75. The molecule has 0 saturated carbocycles. The van der Waals surface area contributed by atoms with Crippen LogP contribution in [0.2, 0.25) is 0 Å². The minimum absolute atomic E-state index is 0.119. The van der Waals surface area contributed by atoms with Crippen molar-refractivity contribution in [2.24, 2.45) is 5.73 Å². The summed E-state index contributed by atoms with van der Waals surface area (Å²) >= 11 is 0. The Hall–Kier alpha value is -1.35. The number of carbonyl (C=O) groups is 1. The minimum atomic E-state index is -0.529. The van der Waals surface area contributed by atoms with Gasteiger partial charge in [-0.25, -0.2) is 0 Å². The Bertz CT molecular complexity index is 376. The maximum Gasteiger partial charge on any atom is 0.323 e. The fraction of sp³-hybridized carbons (Fsp3) is 0.417. The summed E-state index contributed by atoms with van der Waals surface area (Å²) in [7, 11) is 1.38. The Morgan fingerprint density at radius 3 is 3.00 bits per heavy atom. The lowest BCUT2D eigenvalue weighted by Gasteiger charge is -2.17. The molecule has 1 aliphatic carbocycles. The number of nitrogens with two attached hydrogens (primary N) is 1. The molecule has 0 amide bonds. The van der Waals surface area contributed by atoms with Gasteiger partial charge in [0.2, 0.25) is 0 Å². The molecule has 2 rings (SSSR count). The average molecular weight is 205 g/mol. The van der Waals surface area contributed by atoms with E-state index in [9.17, 15) is 4.79 Å². The molecule has 0 saturated heterocycles. The summed E-state index contributed by atoms with van der Waals surface area (Å²) in [5.74, 6) is -0.203. The van der Waals surface area contributed by atoms with Crippen LogP contribution in [0.4, 0.5) is 0 Å². The summed E-state index contributed by atoms with van der Waals surface area (Å²) in [4.78, 5) is 11.4. The summed E-state index contributed by atoms with van der Waals surface area (Å²) in [6.45, 7) is 0. The Morgan fingerprint density at radius 1 is 1.53 bits per heavy atom. The number of benzene rings is 1. The Labute approximate surface area is 89.2 Å². The number of carbonyl (C=O) groups excluding carboxylic acids is 1. The van der Waals surface area contributed by atoms with E-state index in [1.165, 1.54) is 18.2 Å². The molecule has 1 aromatic carbocycles. The highest BCUT2D eigenvalue weighted by molar-refractivity contribution is 5.77. The summed E-state index contributed by atoms with van der Waals surface area (Å²) in [6, 6.07) is 7.62. The maximum absolute atomic E-state index is 11.4.